The maximum atomic E-state index is 13.3. The number of aromatic nitrogens is 2. The van der Waals surface area contributed by atoms with Crippen molar-refractivity contribution in [1.82, 2.24) is 9.38 Å². The summed E-state index contributed by atoms with van der Waals surface area (Å²) in [5, 5.41) is 5.67. The summed E-state index contributed by atoms with van der Waals surface area (Å²) in [6, 6.07) is 18.9. The fraction of sp³-hybridized carbons (Fsp3) is 0.125. The van der Waals surface area contributed by atoms with E-state index < -0.39 is 0 Å². The topological polar surface area (TPSA) is 75.5 Å². The minimum atomic E-state index is -0.274. The number of imidazole rings is 1. The van der Waals surface area contributed by atoms with E-state index in [2.05, 4.69) is 10.6 Å². The molecule has 0 fully saturated rings. The van der Waals surface area contributed by atoms with Gasteiger partial charge in [0.15, 0.2) is 0 Å². The molecule has 30 heavy (non-hydrogen) atoms. The van der Waals surface area contributed by atoms with Crippen molar-refractivity contribution in [3.63, 3.8) is 0 Å². The molecule has 0 aliphatic carbocycles. The summed E-state index contributed by atoms with van der Waals surface area (Å²) in [5.74, 6) is -0.443. The highest BCUT2D eigenvalue weighted by Crippen LogP contribution is 2.26. The Morgan fingerprint density at radius 1 is 0.867 bits per heavy atom. The molecule has 150 valence electrons. The molecule has 2 heterocycles. The summed E-state index contributed by atoms with van der Waals surface area (Å²) in [5.41, 5.74) is 6.03. The van der Waals surface area contributed by atoms with Crippen LogP contribution in [0, 0.1) is 13.8 Å². The first-order chi connectivity index (χ1) is 14.4. The van der Waals surface area contributed by atoms with Crippen molar-refractivity contribution >= 4 is 28.8 Å². The number of hydrogen-bond donors (Lipinski definition) is 2. The van der Waals surface area contributed by atoms with Crippen LogP contribution in [0.2, 0.25) is 0 Å². The number of hydrogen-bond acceptors (Lipinski definition) is 3. The van der Waals surface area contributed by atoms with Gasteiger partial charge in [-0.05, 0) is 43.7 Å². The van der Waals surface area contributed by atoms with Crippen LogP contribution in [0.3, 0.4) is 0 Å². The number of carbonyl (C=O) groups is 2. The van der Waals surface area contributed by atoms with Crippen molar-refractivity contribution in [2.24, 2.45) is 0 Å². The van der Waals surface area contributed by atoms with Crippen LogP contribution in [-0.4, -0.2) is 21.2 Å². The predicted octanol–water partition coefficient (Wildman–Crippen LogP) is 4.83. The number of pyridine rings is 1. The molecule has 0 unspecified atom stereocenters. The molecule has 0 atom stereocenters. The van der Waals surface area contributed by atoms with E-state index in [4.69, 9.17) is 4.98 Å². The molecule has 0 bridgehead atoms. The Bertz CT molecular complexity index is 1260. The molecule has 6 nitrogen and oxygen atoms in total. The van der Waals surface area contributed by atoms with Gasteiger partial charge in [0.1, 0.15) is 17.0 Å². The Labute approximate surface area is 174 Å². The summed E-state index contributed by atoms with van der Waals surface area (Å²) in [6.45, 7) is 5.44. The average Bonchev–Trinajstić information content (AvgIpc) is 3.07. The fourth-order valence-corrected chi connectivity index (χ4v) is 3.35. The van der Waals surface area contributed by atoms with Gasteiger partial charge in [-0.2, -0.15) is 0 Å². The molecule has 6 heteroatoms. The lowest BCUT2D eigenvalue weighted by Crippen LogP contribution is -2.16. The SMILES string of the molecule is CC(=O)Nc1cccc(NC(=O)c2c(-c3ccc(C)cc3)nc3ccc(C)cn23)c1. The van der Waals surface area contributed by atoms with E-state index >= 15 is 0 Å². The summed E-state index contributed by atoms with van der Waals surface area (Å²) in [7, 11) is 0. The second-order valence-corrected chi connectivity index (χ2v) is 7.33. The molecule has 4 rings (SSSR count). The van der Waals surface area contributed by atoms with Crippen molar-refractivity contribution in [3.8, 4) is 11.3 Å². The fourth-order valence-electron chi connectivity index (χ4n) is 3.35. The number of fused-ring (bicyclic) bond motifs is 1. The summed E-state index contributed by atoms with van der Waals surface area (Å²) >= 11 is 0. The normalized spacial score (nSPS) is 10.8. The summed E-state index contributed by atoms with van der Waals surface area (Å²) < 4.78 is 1.82. The van der Waals surface area contributed by atoms with E-state index in [9.17, 15) is 9.59 Å². The van der Waals surface area contributed by atoms with Crippen molar-refractivity contribution < 1.29 is 9.59 Å². The zero-order chi connectivity index (χ0) is 21.3. The van der Waals surface area contributed by atoms with Crippen LogP contribution in [0.25, 0.3) is 16.9 Å². The third kappa shape index (κ3) is 3.93. The third-order valence-electron chi connectivity index (χ3n) is 4.75. The van der Waals surface area contributed by atoms with Crippen LogP contribution >= 0.6 is 0 Å². The molecular formula is C24H22N4O2. The van der Waals surface area contributed by atoms with Crippen LogP contribution in [-0.2, 0) is 4.79 Å². The molecule has 0 radical (unpaired) electrons. The largest absolute Gasteiger partial charge is 0.326 e. The molecular weight excluding hydrogens is 376 g/mol. The van der Waals surface area contributed by atoms with Gasteiger partial charge in [-0.25, -0.2) is 4.98 Å². The Morgan fingerprint density at radius 2 is 1.53 bits per heavy atom. The maximum absolute atomic E-state index is 13.3. The van der Waals surface area contributed by atoms with Crippen molar-refractivity contribution in [3.05, 3.63) is 83.7 Å². The molecule has 0 saturated carbocycles. The van der Waals surface area contributed by atoms with Crippen LogP contribution in [0.15, 0.2) is 66.9 Å². The van der Waals surface area contributed by atoms with Gasteiger partial charge in [0.2, 0.25) is 5.91 Å². The lowest BCUT2D eigenvalue weighted by molar-refractivity contribution is -0.114. The smallest absolute Gasteiger partial charge is 0.274 e. The van der Waals surface area contributed by atoms with Crippen LogP contribution in [0.1, 0.15) is 28.5 Å². The van der Waals surface area contributed by atoms with Crippen molar-refractivity contribution in [2.45, 2.75) is 20.8 Å². The number of aryl methyl sites for hydroxylation is 2. The molecule has 0 spiro atoms. The van der Waals surface area contributed by atoms with E-state index in [0.717, 1.165) is 16.7 Å². The van der Waals surface area contributed by atoms with Gasteiger partial charge >= 0.3 is 0 Å². The molecule has 2 aromatic carbocycles. The van der Waals surface area contributed by atoms with Crippen molar-refractivity contribution in [1.29, 1.82) is 0 Å². The minimum Gasteiger partial charge on any atom is -0.326 e. The minimum absolute atomic E-state index is 0.169. The summed E-state index contributed by atoms with van der Waals surface area (Å²) in [4.78, 5) is 29.4. The van der Waals surface area contributed by atoms with E-state index in [-0.39, 0.29) is 11.8 Å². The number of amides is 2. The first-order valence-electron chi connectivity index (χ1n) is 9.65. The average molecular weight is 398 g/mol. The molecule has 2 aromatic heterocycles. The van der Waals surface area contributed by atoms with Gasteiger partial charge in [0.25, 0.3) is 5.91 Å². The molecule has 0 saturated heterocycles. The molecule has 0 aliphatic rings. The second-order valence-electron chi connectivity index (χ2n) is 7.33. The number of carbonyl (C=O) groups excluding carboxylic acids is 2. The monoisotopic (exact) mass is 398 g/mol. The van der Waals surface area contributed by atoms with Gasteiger partial charge in [0.05, 0.1) is 0 Å². The van der Waals surface area contributed by atoms with Gasteiger partial charge in [-0.3, -0.25) is 14.0 Å². The molecule has 2 N–H and O–H groups in total. The van der Waals surface area contributed by atoms with Gasteiger partial charge in [-0.15, -0.1) is 0 Å². The Kier molecular flexibility index (Phi) is 5.06. The van der Waals surface area contributed by atoms with E-state index in [1.165, 1.54) is 6.92 Å². The van der Waals surface area contributed by atoms with Gasteiger partial charge in [0, 0.05) is 30.1 Å². The molecule has 0 aliphatic heterocycles. The number of benzene rings is 2. The van der Waals surface area contributed by atoms with Crippen molar-refractivity contribution in [2.75, 3.05) is 10.6 Å². The Hall–Kier alpha value is -3.93. The van der Waals surface area contributed by atoms with Crippen LogP contribution in [0.4, 0.5) is 11.4 Å². The zero-order valence-corrected chi connectivity index (χ0v) is 17.1. The highest BCUT2D eigenvalue weighted by Gasteiger charge is 2.21. The van der Waals surface area contributed by atoms with Gasteiger partial charge < -0.3 is 10.6 Å². The Balaban J connectivity index is 1.78. The van der Waals surface area contributed by atoms with Crippen LogP contribution in [0.5, 0.6) is 0 Å². The van der Waals surface area contributed by atoms with Gasteiger partial charge in [-0.1, -0.05) is 42.0 Å². The predicted molar refractivity (Wildman–Crippen MR) is 119 cm³/mol. The van der Waals surface area contributed by atoms with E-state index in [0.29, 0.717) is 28.4 Å². The van der Waals surface area contributed by atoms with E-state index in [1.807, 2.05) is 60.8 Å². The highest BCUT2D eigenvalue weighted by molar-refractivity contribution is 6.08. The molecule has 2 amide bonds. The lowest BCUT2D eigenvalue weighted by Gasteiger charge is -2.10. The number of anilines is 2. The maximum Gasteiger partial charge on any atom is 0.274 e. The Morgan fingerprint density at radius 3 is 2.23 bits per heavy atom. The molecule has 4 aromatic rings. The quantitative estimate of drug-likeness (QED) is 0.517. The third-order valence-corrected chi connectivity index (χ3v) is 4.75. The number of nitrogens with zero attached hydrogens (tertiary/aromatic N) is 2. The standard InChI is InChI=1S/C24H22N4O2/c1-15-7-10-18(11-8-15)22-23(28-14-16(2)9-12-21(28)27-22)24(30)26-20-6-4-5-19(13-20)25-17(3)29/h4-14H,1-3H3,(H,25,29)(H,26,30). The first kappa shape index (κ1) is 19.4. The number of nitrogens with one attached hydrogen (secondary N) is 2. The zero-order valence-electron chi connectivity index (χ0n) is 17.1. The highest BCUT2D eigenvalue weighted by atomic mass is 16.2. The number of rotatable bonds is 4. The second kappa shape index (κ2) is 7.83. The summed E-state index contributed by atoms with van der Waals surface area (Å²) in [6.07, 6.45) is 1.91. The van der Waals surface area contributed by atoms with E-state index in [1.54, 1.807) is 24.3 Å². The first-order valence-corrected chi connectivity index (χ1v) is 9.65. The van der Waals surface area contributed by atoms with Crippen LogP contribution < -0.4 is 10.6 Å². The lowest BCUT2D eigenvalue weighted by atomic mass is 10.1.